The van der Waals surface area contributed by atoms with Gasteiger partial charge in [0.25, 0.3) is 5.91 Å². The first-order valence-electron chi connectivity index (χ1n) is 11.2. The van der Waals surface area contributed by atoms with Gasteiger partial charge in [0.05, 0.1) is 12.7 Å². The molecular weight excluding hydrogens is 453 g/mol. The molecule has 1 aromatic carbocycles. The molecule has 35 heavy (non-hydrogen) atoms. The number of aromatic nitrogens is 2. The van der Waals surface area contributed by atoms with Crippen molar-refractivity contribution in [3.05, 3.63) is 59.0 Å². The van der Waals surface area contributed by atoms with Crippen LogP contribution in [0.5, 0.6) is 5.88 Å². The lowest BCUT2D eigenvalue weighted by atomic mass is 10.0. The largest absolute Gasteiger partial charge is 0.480 e. The molecule has 1 unspecified atom stereocenters. The van der Waals surface area contributed by atoms with E-state index < -0.39 is 5.78 Å². The quantitative estimate of drug-likeness (QED) is 0.314. The number of pyridine rings is 1. The number of carbonyl (C=O) groups is 3. The molecule has 3 aromatic rings. The van der Waals surface area contributed by atoms with Gasteiger partial charge in [-0.05, 0) is 44.7 Å². The first-order valence-corrected chi connectivity index (χ1v) is 11.2. The highest BCUT2D eigenvalue weighted by molar-refractivity contribution is 6.36. The van der Waals surface area contributed by atoms with Crippen LogP contribution < -0.4 is 10.5 Å². The van der Waals surface area contributed by atoms with Crippen LogP contribution in [0.25, 0.3) is 11.0 Å². The van der Waals surface area contributed by atoms with E-state index in [-0.39, 0.29) is 47.1 Å². The van der Waals surface area contributed by atoms with Crippen molar-refractivity contribution in [2.45, 2.75) is 32.5 Å². The zero-order valence-electron chi connectivity index (χ0n) is 20.2. The number of aromatic amines is 1. The summed E-state index contributed by atoms with van der Waals surface area (Å²) in [5.41, 5.74) is 6.26. The lowest BCUT2D eigenvalue weighted by Crippen LogP contribution is -2.57. The number of nitrogens with one attached hydrogen (secondary N) is 1. The lowest BCUT2D eigenvalue weighted by Gasteiger charge is -2.44. The average Bonchev–Trinajstić information content (AvgIpc) is 3.29. The van der Waals surface area contributed by atoms with E-state index in [9.17, 15) is 18.8 Å². The Kier molecular flexibility index (Phi) is 8.31. The van der Waals surface area contributed by atoms with Gasteiger partial charge in [0, 0.05) is 43.3 Å². The second-order valence-electron chi connectivity index (χ2n) is 8.34. The van der Waals surface area contributed by atoms with Gasteiger partial charge in [0.1, 0.15) is 17.0 Å². The van der Waals surface area contributed by atoms with Crippen LogP contribution in [0.1, 0.15) is 40.1 Å². The Hall–Kier alpha value is -3.63. The van der Waals surface area contributed by atoms with E-state index in [0.717, 1.165) is 5.56 Å². The smallest absolute Gasteiger partial charge is 0.259 e. The van der Waals surface area contributed by atoms with Crippen LogP contribution in [0, 0.1) is 5.82 Å². The number of carbonyl (C=O) groups excluding carboxylic acids is 3. The summed E-state index contributed by atoms with van der Waals surface area (Å²) in [6, 6.07) is 7.95. The standard InChI is InChI=1S/C24H25FN4O4.CH5N/c1-14-11-29(15(2)10-28(14)12-16-4-6-17(25)7-5-16)24(32)19-8-18-20(21(31)13-30)9-26-22(18)27-23(19)33-3;1-2/h4-9,13-15H,10-12H2,1-3H3,(H,26,27);2H2,1H3/t14-,15?;/m0./s1. The minimum absolute atomic E-state index is 0.0670. The molecule has 186 valence electrons. The molecule has 1 amide bonds. The topological polar surface area (TPSA) is 122 Å². The van der Waals surface area contributed by atoms with Crippen LogP contribution in [-0.4, -0.2) is 77.1 Å². The Bertz CT molecular complexity index is 1210. The zero-order chi connectivity index (χ0) is 25.7. The molecule has 1 aliphatic rings. The number of piperazine rings is 1. The van der Waals surface area contributed by atoms with Gasteiger partial charge in [-0.15, -0.1) is 0 Å². The number of nitrogens with zero attached hydrogens (tertiary/aromatic N) is 3. The van der Waals surface area contributed by atoms with Gasteiger partial charge < -0.3 is 20.4 Å². The van der Waals surface area contributed by atoms with E-state index in [1.807, 2.05) is 13.8 Å². The number of ether oxygens (including phenoxy) is 1. The molecule has 9 nitrogen and oxygen atoms in total. The summed E-state index contributed by atoms with van der Waals surface area (Å²) in [4.78, 5) is 47.7. The molecule has 3 heterocycles. The van der Waals surface area contributed by atoms with Crippen LogP contribution in [0.15, 0.2) is 36.5 Å². The molecule has 0 aliphatic carbocycles. The number of ketones is 1. The Morgan fingerprint density at radius 3 is 2.49 bits per heavy atom. The number of methoxy groups -OCH3 is 1. The second kappa shape index (κ2) is 11.2. The number of rotatable bonds is 6. The van der Waals surface area contributed by atoms with Crippen molar-refractivity contribution < 1.29 is 23.5 Å². The van der Waals surface area contributed by atoms with Gasteiger partial charge in [-0.1, -0.05) is 12.1 Å². The number of amides is 1. The average molecular weight is 484 g/mol. The van der Waals surface area contributed by atoms with Crippen molar-refractivity contribution in [2.75, 3.05) is 27.2 Å². The molecule has 0 spiro atoms. The first-order chi connectivity index (χ1) is 16.8. The molecule has 3 N–H and O–H groups in total. The van der Waals surface area contributed by atoms with Crippen LogP contribution in [0.4, 0.5) is 4.39 Å². The molecular formula is C25H30FN5O4. The molecule has 4 rings (SSSR count). The molecule has 10 heteroatoms. The third-order valence-electron chi connectivity index (χ3n) is 6.10. The van der Waals surface area contributed by atoms with Crippen LogP contribution in [0.3, 0.4) is 0 Å². The Morgan fingerprint density at radius 2 is 1.86 bits per heavy atom. The fraction of sp³-hybridized carbons (Fsp3) is 0.360. The Labute approximate surface area is 203 Å². The Morgan fingerprint density at radius 1 is 1.17 bits per heavy atom. The highest BCUT2D eigenvalue weighted by atomic mass is 19.1. The normalized spacial score (nSPS) is 18.1. The van der Waals surface area contributed by atoms with Crippen LogP contribution in [-0.2, 0) is 11.3 Å². The number of H-pyrrole nitrogens is 1. The third kappa shape index (κ3) is 5.39. The fourth-order valence-electron chi connectivity index (χ4n) is 4.29. The van der Waals surface area contributed by atoms with E-state index in [4.69, 9.17) is 4.74 Å². The zero-order valence-corrected chi connectivity index (χ0v) is 20.2. The predicted octanol–water partition coefficient (Wildman–Crippen LogP) is 2.40. The van der Waals surface area contributed by atoms with Gasteiger partial charge in [0.2, 0.25) is 11.7 Å². The minimum Gasteiger partial charge on any atom is -0.480 e. The van der Waals surface area contributed by atoms with Gasteiger partial charge in [-0.25, -0.2) is 4.39 Å². The summed E-state index contributed by atoms with van der Waals surface area (Å²) in [5.74, 6) is -1.07. The number of Topliss-reactive ketones (excluding diaryl/α,β-unsaturated/α-hetero) is 1. The van der Waals surface area contributed by atoms with Crippen LogP contribution in [0.2, 0.25) is 0 Å². The number of hydrogen-bond acceptors (Lipinski definition) is 7. The number of fused-ring (bicyclic) bond motifs is 1. The molecule has 2 atom stereocenters. The minimum atomic E-state index is -0.692. The molecule has 0 bridgehead atoms. The monoisotopic (exact) mass is 483 g/mol. The summed E-state index contributed by atoms with van der Waals surface area (Å²) in [7, 11) is 2.93. The molecule has 1 fully saturated rings. The molecule has 2 aromatic heterocycles. The van der Waals surface area contributed by atoms with Crippen molar-refractivity contribution in [3.63, 3.8) is 0 Å². The third-order valence-corrected chi connectivity index (χ3v) is 6.10. The first kappa shape index (κ1) is 26.0. The summed E-state index contributed by atoms with van der Waals surface area (Å²) < 4.78 is 18.6. The van der Waals surface area contributed by atoms with Crippen molar-refractivity contribution in [2.24, 2.45) is 5.73 Å². The van der Waals surface area contributed by atoms with E-state index in [1.54, 1.807) is 23.1 Å². The maximum Gasteiger partial charge on any atom is 0.259 e. The van der Waals surface area contributed by atoms with Crippen molar-refractivity contribution >= 4 is 29.0 Å². The molecule has 0 radical (unpaired) electrons. The number of nitrogens with two attached hydrogens (primary N) is 1. The second-order valence-corrected chi connectivity index (χ2v) is 8.34. The van der Waals surface area contributed by atoms with E-state index in [1.165, 1.54) is 32.5 Å². The summed E-state index contributed by atoms with van der Waals surface area (Å²) in [6.07, 6.45) is 1.64. The predicted molar refractivity (Wildman–Crippen MR) is 130 cm³/mol. The molecule has 0 saturated carbocycles. The number of aldehydes is 1. The van der Waals surface area contributed by atoms with Crippen molar-refractivity contribution in [1.29, 1.82) is 0 Å². The highest BCUT2D eigenvalue weighted by Crippen LogP contribution is 2.28. The van der Waals surface area contributed by atoms with Gasteiger partial charge in [-0.3, -0.25) is 19.3 Å². The van der Waals surface area contributed by atoms with Gasteiger partial charge in [-0.2, -0.15) is 4.98 Å². The summed E-state index contributed by atoms with van der Waals surface area (Å²) in [5, 5.41) is 0.395. The van der Waals surface area contributed by atoms with E-state index >= 15 is 0 Å². The highest BCUT2D eigenvalue weighted by Gasteiger charge is 2.34. The van der Waals surface area contributed by atoms with Crippen LogP contribution >= 0.6 is 0 Å². The number of halogens is 1. The summed E-state index contributed by atoms with van der Waals surface area (Å²) >= 11 is 0. The SMILES string of the molecule is CN.COc1nc2[nH]cc(C(=O)C=O)c2cc1C(=O)N1C[C@H](C)N(Cc2ccc(F)cc2)CC1C. The van der Waals surface area contributed by atoms with Crippen molar-refractivity contribution in [1.82, 2.24) is 19.8 Å². The molecule has 1 aliphatic heterocycles. The van der Waals surface area contributed by atoms with Gasteiger partial charge >= 0.3 is 0 Å². The summed E-state index contributed by atoms with van der Waals surface area (Å²) in [6.45, 7) is 5.79. The Balaban J connectivity index is 0.00000167. The van der Waals surface area contributed by atoms with Crippen molar-refractivity contribution in [3.8, 4) is 5.88 Å². The van der Waals surface area contributed by atoms with E-state index in [0.29, 0.717) is 30.7 Å². The van der Waals surface area contributed by atoms with E-state index in [2.05, 4.69) is 20.6 Å². The maximum absolute atomic E-state index is 13.5. The lowest BCUT2D eigenvalue weighted by molar-refractivity contribution is -0.104. The fourth-order valence-corrected chi connectivity index (χ4v) is 4.29. The maximum atomic E-state index is 13.5. The number of benzene rings is 1. The molecule has 1 saturated heterocycles. The van der Waals surface area contributed by atoms with Gasteiger partial charge in [0.15, 0.2) is 6.29 Å². The number of hydrogen-bond donors (Lipinski definition) is 2.